The summed E-state index contributed by atoms with van der Waals surface area (Å²) in [4.78, 5) is 2.78. The van der Waals surface area contributed by atoms with Gasteiger partial charge in [-0.2, -0.15) is 11.8 Å². The van der Waals surface area contributed by atoms with Crippen molar-refractivity contribution < 1.29 is 0 Å². The third-order valence-corrected chi connectivity index (χ3v) is 5.38. The minimum absolute atomic E-state index is 0.482. The Kier molecular flexibility index (Phi) is 4.98. The number of hydrogen-bond acceptors (Lipinski definition) is 3. The van der Waals surface area contributed by atoms with Crippen LogP contribution in [0.2, 0.25) is 0 Å². The van der Waals surface area contributed by atoms with Gasteiger partial charge in [0.2, 0.25) is 0 Å². The molecule has 0 aromatic carbocycles. The molecule has 0 radical (unpaired) electrons. The first kappa shape index (κ1) is 12.7. The second-order valence-corrected chi connectivity index (χ2v) is 6.42. The molecule has 0 spiro atoms. The highest BCUT2D eigenvalue weighted by Crippen LogP contribution is 2.28. The number of nitrogens with zero attached hydrogens (tertiary/aromatic N) is 1. The zero-order valence-corrected chi connectivity index (χ0v) is 11.3. The van der Waals surface area contributed by atoms with Crippen LogP contribution in [0.25, 0.3) is 0 Å². The van der Waals surface area contributed by atoms with Gasteiger partial charge in [-0.1, -0.05) is 6.92 Å². The molecule has 3 heteroatoms. The second kappa shape index (κ2) is 6.27. The molecule has 2 rings (SSSR count). The van der Waals surface area contributed by atoms with E-state index in [-0.39, 0.29) is 0 Å². The molecule has 1 heterocycles. The fourth-order valence-electron chi connectivity index (χ4n) is 3.23. The van der Waals surface area contributed by atoms with Crippen molar-refractivity contribution >= 4 is 11.8 Å². The molecule has 2 N–H and O–H groups in total. The highest BCUT2D eigenvalue weighted by atomic mass is 32.2. The summed E-state index contributed by atoms with van der Waals surface area (Å²) in [5, 5.41) is 0. The van der Waals surface area contributed by atoms with Gasteiger partial charge in [0.25, 0.3) is 0 Å². The molecule has 1 unspecified atom stereocenters. The maximum atomic E-state index is 5.99. The first-order valence-electron chi connectivity index (χ1n) is 6.90. The Hall–Kier alpha value is 0.270. The van der Waals surface area contributed by atoms with Crippen LogP contribution in [0.15, 0.2) is 0 Å². The van der Waals surface area contributed by atoms with Gasteiger partial charge < -0.3 is 5.73 Å². The summed E-state index contributed by atoms with van der Waals surface area (Å²) in [6.07, 6.45) is 7.97. The van der Waals surface area contributed by atoms with Crippen LogP contribution in [0.3, 0.4) is 0 Å². The number of nitrogens with two attached hydrogens (primary N) is 1. The Balaban J connectivity index is 1.88. The van der Waals surface area contributed by atoms with Crippen LogP contribution in [0.4, 0.5) is 0 Å². The summed E-state index contributed by atoms with van der Waals surface area (Å²) in [5.41, 5.74) is 5.99. The third-order valence-electron chi connectivity index (χ3n) is 4.18. The predicted molar refractivity (Wildman–Crippen MR) is 73.0 cm³/mol. The first-order valence-corrected chi connectivity index (χ1v) is 8.05. The smallest absolute Gasteiger partial charge is 0.0189 e. The number of thioether (sulfide) groups is 1. The summed E-state index contributed by atoms with van der Waals surface area (Å²) < 4.78 is 0. The van der Waals surface area contributed by atoms with Crippen molar-refractivity contribution in [2.45, 2.75) is 63.6 Å². The molecular formula is C13H26N2S. The monoisotopic (exact) mass is 242 g/mol. The normalized spacial score (nSPS) is 36.6. The lowest BCUT2D eigenvalue weighted by Gasteiger charge is -2.41. The Morgan fingerprint density at radius 1 is 1.12 bits per heavy atom. The lowest BCUT2D eigenvalue weighted by molar-refractivity contribution is 0.110. The van der Waals surface area contributed by atoms with Crippen molar-refractivity contribution in [1.29, 1.82) is 0 Å². The van der Waals surface area contributed by atoms with Crippen LogP contribution in [-0.4, -0.2) is 41.1 Å². The van der Waals surface area contributed by atoms with E-state index in [1.807, 2.05) is 0 Å². The summed E-state index contributed by atoms with van der Waals surface area (Å²) in [6.45, 7) is 3.55. The molecule has 0 aromatic rings. The van der Waals surface area contributed by atoms with E-state index in [9.17, 15) is 0 Å². The lowest BCUT2D eigenvalue weighted by atomic mass is 9.89. The molecule has 16 heavy (non-hydrogen) atoms. The standard InChI is InChI=1S/C13H26N2S/c1-2-15(13-4-3-9-16-10-13)12-7-5-11(14)6-8-12/h11-13H,2-10,14H2,1H3. The van der Waals surface area contributed by atoms with Crippen molar-refractivity contribution in [2.24, 2.45) is 5.73 Å². The van der Waals surface area contributed by atoms with E-state index < -0.39 is 0 Å². The van der Waals surface area contributed by atoms with Gasteiger partial charge in [-0.3, -0.25) is 4.90 Å². The van der Waals surface area contributed by atoms with E-state index in [0.717, 1.165) is 12.1 Å². The Morgan fingerprint density at radius 2 is 1.88 bits per heavy atom. The Labute approximate surface area is 104 Å². The molecule has 94 valence electrons. The molecular weight excluding hydrogens is 216 g/mol. The summed E-state index contributed by atoms with van der Waals surface area (Å²) >= 11 is 2.14. The van der Waals surface area contributed by atoms with Crippen LogP contribution >= 0.6 is 11.8 Å². The lowest BCUT2D eigenvalue weighted by Crippen LogP contribution is -2.48. The number of hydrogen-bond donors (Lipinski definition) is 1. The fraction of sp³-hybridized carbons (Fsp3) is 1.00. The third kappa shape index (κ3) is 3.14. The highest BCUT2D eigenvalue weighted by molar-refractivity contribution is 7.99. The van der Waals surface area contributed by atoms with Crippen molar-refractivity contribution in [1.82, 2.24) is 4.90 Å². The number of rotatable bonds is 3. The SMILES string of the molecule is CCN(C1CCC(N)CC1)C1CCCSC1. The van der Waals surface area contributed by atoms with E-state index >= 15 is 0 Å². The molecule has 1 saturated carbocycles. The van der Waals surface area contributed by atoms with Crippen LogP contribution in [0, 0.1) is 0 Å². The molecule has 1 aliphatic heterocycles. The predicted octanol–water partition coefficient (Wildman–Crippen LogP) is 2.47. The van der Waals surface area contributed by atoms with E-state index in [2.05, 4.69) is 23.6 Å². The van der Waals surface area contributed by atoms with Crippen LogP contribution in [0.5, 0.6) is 0 Å². The van der Waals surface area contributed by atoms with E-state index in [1.54, 1.807) is 0 Å². The molecule has 1 atom stereocenters. The van der Waals surface area contributed by atoms with E-state index in [4.69, 9.17) is 5.73 Å². The molecule has 0 aromatic heterocycles. The zero-order chi connectivity index (χ0) is 11.4. The van der Waals surface area contributed by atoms with Gasteiger partial charge in [-0.25, -0.2) is 0 Å². The Bertz CT molecular complexity index is 196. The minimum atomic E-state index is 0.482. The molecule has 0 amide bonds. The van der Waals surface area contributed by atoms with Gasteiger partial charge in [0.15, 0.2) is 0 Å². The van der Waals surface area contributed by atoms with E-state index in [0.29, 0.717) is 6.04 Å². The summed E-state index contributed by atoms with van der Waals surface area (Å²) in [7, 11) is 0. The maximum absolute atomic E-state index is 5.99. The second-order valence-electron chi connectivity index (χ2n) is 5.27. The fourth-order valence-corrected chi connectivity index (χ4v) is 4.40. The molecule has 1 saturated heterocycles. The topological polar surface area (TPSA) is 29.3 Å². The minimum Gasteiger partial charge on any atom is -0.328 e. The van der Waals surface area contributed by atoms with Gasteiger partial charge in [-0.15, -0.1) is 0 Å². The first-order chi connectivity index (χ1) is 7.81. The molecule has 2 aliphatic rings. The van der Waals surface area contributed by atoms with Crippen molar-refractivity contribution in [2.75, 3.05) is 18.1 Å². The van der Waals surface area contributed by atoms with Crippen LogP contribution < -0.4 is 5.73 Å². The van der Waals surface area contributed by atoms with Gasteiger partial charge in [0.05, 0.1) is 0 Å². The van der Waals surface area contributed by atoms with Crippen LogP contribution in [-0.2, 0) is 0 Å². The molecule has 1 aliphatic carbocycles. The molecule has 2 fully saturated rings. The summed E-state index contributed by atoms with van der Waals surface area (Å²) in [6, 6.07) is 2.16. The van der Waals surface area contributed by atoms with Gasteiger partial charge in [0, 0.05) is 23.9 Å². The molecule has 0 bridgehead atoms. The Morgan fingerprint density at radius 3 is 2.44 bits per heavy atom. The quantitative estimate of drug-likeness (QED) is 0.824. The largest absolute Gasteiger partial charge is 0.328 e. The van der Waals surface area contributed by atoms with Crippen LogP contribution in [0.1, 0.15) is 45.4 Å². The van der Waals surface area contributed by atoms with Gasteiger partial charge in [0.1, 0.15) is 0 Å². The maximum Gasteiger partial charge on any atom is 0.0189 e. The highest BCUT2D eigenvalue weighted by Gasteiger charge is 2.29. The van der Waals surface area contributed by atoms with Gasteiger partial charge >= 0.3 is 0 Å². The summed E-state index contributed by atoms with van der Waals surface area (Å²) in [5.74, 6) is 2.74. The molecule has 2 nitrogen and oxygen atoms in total. The average molecular weight is 242 g/mol. The average Bonchev–Trinajstić information content (AvgIpc) is 2.34. The van der Waals surface area contributed by atoms with Gasteiger partial charge in [-0.05, 0) is 50.8 Å². The van der Waals surface area contributed by atoms with Crippen molar-refractivity contribution in [3.63, 3.8) is 0 Å². The van der Waals surface area contributed by atoms with E-state index in [1.165, 1.54) is 56.6 Å². The van der Waals surface area contributed by atoms with Crippen molar-refractivity contribution in [3.05, 3.63) is 0 Å². The van der Waals surface area contributed by atoms with Crippen molar-refractivity contribution in [3.8, 4) is 0 Å². The zero-order valence-electron chi connectivity index (χ0n) is 10.5.